The molecule has 0 spiro atoms. The van der Waals surface area contributed by atoms with E-state index < -0.39 is 5.97 Å². The van der Waals surface area contributed by atoms with Gasteiger partial charge in [0, 0.05) is 5.56 Å². The summed E-state index contributed by atoms with van der Waals surface area (Å²) in [5.41, 5.74) is 2.85. The molecular formula is C24H19NO4. The largest absolute Gasteiger partial charge is 0.497 e. The quantitative estimate of drug-likeness (QED) is 0.459. The molecule has 0 radical (unpaired) electrons. The second kappa shape index (κ2) is 8.44. The van der Waals surface area contributed by atoms with Gasteiger partial charge < -0.3 is 14.2 Å². The molecule has 4 rings (SSSR count). The maximum absolute atomic E-state index is 12.2. The molecule has 1 aliphatic rings. The first-order chi connectivity index (χ1) is 14.2. The molecule has 0 unspecified atom stereocenters. The molecule has 5 nitrogen and oxygen atoms in total. The summed E-state index contributed by atoms with van der Waals surface area (Å²) < 4.78 is 16.3. The molecule has 0 N–H and O–H groups in total. The van der Waals surface area contributed by atoms with E-state index in [9.17, 15) is 4.79 Å². The van der Waals surface area contributed by atoms with Gasteiger partial charge in [0.25, 0.3) is 0 Å². The summed E-state index contributed by atoms with van der Waals surface area (Å²) >= 11 is 0. The van der Waals surface area contributed by atoms with E-state index in [0.29, 0.717) is 17.9 Å². The number of nitrogens with zero attached hydrogens (tertiary/aromatic N) is 1. The summed E-state index contributed by atoms with van der Waals surface area (Å²) in [5, 5.41) is 0. The Kier molecular flexibility index (Phi) is 5.38. The van der Waals surface area contributed by atoms with Gasteiger partial charge >= 0.3 is 5.97 Å². The molecule has 3 aromatic rings. The van der Waals surface area contributed by atoms with Crippen molar-refractivity contribution in [1.29, 1.82) is 0 Å². The van der Waals surface area contributed by atoms with Gasteiger partial charge in [-0.2, -0.15) is 0 Å². The summed E-state index contributed by atoms with van der Waals surface area (Å²) in [4.78, 5) is 16.6. The first kappa shape index (κ1) is 18.5. The molecule has 1 heterocycles. The highest BCUT2D eigenvalue weighted by Gasteiger charge is 2.24. The number of hydrogen-bond acceptors (Lipinski definition) is 5. The fourth-order valence-corrected chi connectivity index (χ4v) is 2.86. The van der Waals surface area contributed by atoms with Crippen LogP contribution in [-0.4, -0.2) is 19.0 Å². The summed E-state index contributed by atoms with van der Waals surface area (Å²) in [5.74, 6) is 1.24. The molecule has 0 aromatic heterocycles. The number of rotatable bonds is 6. The fraction of sp³-hybridized carbons (Fsp3) is 0.0833. The lowest BCUT2D eigenvalue weighted by Crippen LogP contribution is -2.05. The van der Waals surface area contributed by atoms with Crippen molar-refractivity contribution in [3.05, 3.63) is 101 Å². The molecule has 144 valence electrons. The Bertz CT molecular complexity index is 1070. The number of benzene rings is 3. The summed E-state index contributed by atoms with van der Waals surface area (Å²) in [6.45, 7) is 0.475. The molecule has 0 bridgehead atoms. The monoisotopic (exact) mass is 385 g/mol. The van der Waals surface area contributed by atoms with E-state index in [2.05, 4.69) is 4.99 Å². The predicted octanol–water partition coefficient (Wildman–Crippen LogP) is 4.62. The highest BCUT2D eigenvalue weighted by atomic mass is 16.6. The van der Waals surface area contributed by atoms with Crippen LogP contribution in [0.2, 0.25) is 0 Å². The maximum atomic E-state index is 12.2. The van der Waals surface area contributed by atoms with E-state index in [0.717, 1.165) is 16.9 Å². The number of hydrogen-bond donors (Lipinski definition) is 0. The maximum Gasteiger partial charge on any atom is 0.363 e. The molecule has 29 heavy (non-hydrogen) atoms. The topological polar surface area (TPSA) is 57.1 Å². The van der Waals surface area contributed by atoms with Crippen LogP contribution in [0.3, 0.4) is 0 Å². The predicted molar refractivity (Wildman–Crippen MR) is 111 cm³/mol. The third kappa shape index (κ3) is 4.52. The molecule has 1 aliphatic heterocycles. The summed E-state index contributed by atoms with van der Waals surface area (Å²) in [6.07, 6.45) is 1.69. The average molecular weight is 385 g/mol. The number of esters is 1. The van der Waals surface area contributed by atoms with Gasteiger partial charge in [-0.15, -0.1) is 0 Å². The van der Waals surface area contributed by atoms with E-state index in [1.807, 2.05) is 54.6 Å². The van der Waals surface area contributed by atoms with Crippen molar-refractivity contribution in [2.45, 2.75) is 6.61 Å². The SMILES string of the molecule is COc1ccc(C2=NC(=Cc3cccc(OCc4ccccc4)c3)C(=O)O2)cc1. The van der Waals surface area contributed by atoms with Crippen molar-refractivity contribution in [3.8, 4) is 11.5 Å². The van der Waals surface area contributed by atoms with Crippen molar-refractivity contribution >= 4 is 17.9 Å². The Morgan fingerprint density at radius 1 is 0.931 bits per heavy atom. The van der Waals surface area contributed by atoms with Gasteiger partial charge in [0.05, 0.1) is 7.11 Å². The van der Waals surface area contributed by atoms with Crippen molar-refractivity contribution in [2.75, 3.05) is 7.11 Å². The van der Waals surface area contributed by atoms with E-state index in [4.69, 9.17) is 14.2 Å². The third-order valence-electron chi connectivity index (χ3n) is 4.37. The molecular weight excluding hydrogens is 366 g/mol. The number of methoxy groups -OCH3 is 1. The second-order valence-electron chi connectivity index (χ2n) is 6.41. The molecule has 0 amide bonds. The van der Waals surface area contributed by atoms with Gasteiger partial charge in [-0.3, -0.25) is 0 Å². The minimum Gasteiger partial charge on any atom is -0.497 e. The van der Waals surface area contributed by atoms with Gasteiger partial charge in [0.15, 0.2) is 5.70 Å². The lowest BCUT2D eigenvalue weighted by molar-refractivity contribution is -0.129. The van der Waals surface area contributed by atoms with Gasteiger partial charge in [0.2, 0.25) is 5.90 Å². The number of cyclic esters (lactones) is 1. The lowest BCUT2D eigenvalue weighted by Gasteiger charge is -2.07. The Labute approximate surface area is 168 Å². The van der Waals surface area contributed by atoms with Gasteiger partial charge in [0.1, 0.15) is 18.1 Å². The first-order valence-corrected chi connectivity index (χ1v) is 9.15. The van der Waals surface area contributed by atoms with Gasteiger partial charge in [-0.05, 0) is 53.6 Å². The Morgan fingerprint density at radius 2 is 1.72 bits per heavy atom. The fourth-order valence-electron chi connectivity index (χ4n) is 2.86. The van der Waals surface area contributed by atoms with E-state index >= 15 is 0 Å². The van der Waals surface area contributed by atoms with Crippen molar-refractivity contribution < 1.29 is 19.0 Å². The summed E-state index contributed by atoms with van der Waals surface area (Å²) in [6, 6.07) is 24.6. The molecule has 5 heteroatoms. The van der Waals surface area contributed by atoms with Crippen molar-refractivity contribution in [2.24, 2.45) is 4.99 Å². The Morgan fingerprint density at radius 3 is 2.48 bits per heavy atom. The zero-order chi connectivity index (χ0) is 20.1. The van der Waals surface area contributed by atoms with E-state index in [1.165, 1.54) is 0 Å². The van der Waals surface area contributed by atoms with E-state index in [1.54, 1.807) is 37.5 Å². The van der Waals surface area contributed by atoms with Crippen molar-refractivity contribution in [1.82, 2.24) is 0 Å². The number of carbonyl (C=O) groups excluding carboxylic acids is 1. The average Bonchev–Trinajstić information content (AvgIpc) is 3.13. The normalized spacial score (nSPS) is 14.4. The molecule has 0 aliphatic carbocycles. The summed E-state index contributed by atoms with van der Waals surface area (Å²) in [7, 11) is 1.60. The molecule has 0 saturated heterocycles. The highest BCUT2D eigenvalue weighted by molar-refractivity contribution is 6.12. The second-order valence-corrected chi connectivity index (χ2v) is 6.41. The third-order valence-corrected chi connectivity index (χ3v) is 4.37. The van der Waals surface area contributed by atoms with Crippen LogP contribution in [0.25, 0.3) is 6.08 Å². The zero-order valence-corrected chi connectivity index (χ0v) is 15.9. The molecule has 0 saturated carbocycles. The zero-order valence-electron chi connectivity index (χ0n) is 15.9. The van der Waals surface area contributed by atoms with E-state index in [-0.39, 0.29) is 11.6 Å². The molecule has 0 fully saturated rings. The Balaban J connectivity index is 1.50. The van der Waals surface area contributed by atoms with Crippen LogP contribution in [0.4, 0.5) is 0 Å². The van der Waals surface area contributed by atoms with Crippen LogP contribution < -0.4 is 9.47 Å². The van der Waals surface area contributed by atoms with Crippen LogP contribution in [0, 0.1) is 0 Å². The minimum absolute atomic E-state index is 0.246. The van der Waals surface area contributed by atoms with Gasteiger partial charge in [-0.1, -0.05) is 42.5 Å². The van der Waals surface area contributed by atoms with Crippen LogP contribution in [-0.2, 0) is 16.1 Å². The van der Waals surface area contributed by atoms with Gasteiger partial charge in [-0.25, -0.2) is 9.79 Å². The van der Waals surface area contributed by atoms with Crippen LogP contribution >= 0.6 is 0 Å². The smallest absolute Gasteiger partial charge is 0.363 e. The lowest BCUT2D eigenvalue weighted by atomic mass is 10.2. The van der Waals surface area contributed by atoms with Crippen LogP contribution in [0.15, 0.2) is 89.6 Å². The van der Waals surface area contributed by atoms with Crippen LogP contribution in [0.1, 0.15) is 16.7 Å². The number of carbonyl (C=O) groups is 1. The van der Waals surface area contributed by atoms with Crippen LogP contribution in [0.5, 0.6) is 11.5 Å². The number of aliphatic imine (C=N–C) groups is 1. The first-order valence-electron chi connectivity index (χ1n) is 9.15. The van der Waals surface area contributed by atoms with Crippen molar-refractivity contribution in [3.63, 3.8) is 0 Å². The molecule has 3 aromatic carbocycles. The standard InChI is InChI=1S/C24H19NO4/c1-27-20-12-10-19(11-13-20)23-25-22(24(26)29-23)15-18-8-5-9-21(14-18)28-16-17-6-3-2-4-7-17/h2-15H,16H2,1H3. The Hall–Kier alpha value is -3.86. The number of ether oxygens (including phenoxy) is 3. The minimum atomic E-state index is -0.480. The highest BCUT2D eigenvalue weighted by Crippen LogP contribution is 2.22. The molecule has 0 atom stereocenters.